The van der Waals surface area contributed by atoms with Crippen molar-refractivity contribution < 1.29 is 12.8 Å². The number of aromatic nitrogens is 1. The number of hydrogen-bond donors (Lipinski definition) is 1. The van der Waals surface area contributed by atoms with Crippen LogP contribution in [-0.2, 0) is 16.3 Å². The van der Waals surface area contributed by atoms with E-state index < -0.39 is 15.1 Å². The van der Waals surface area contributed by atoms with Gasteiger partial charge in [0.15, 0.2) is 15.7 Å². The van der Waals surface area contributed by atoms with E-state index in [0.29, 0.717) is 24.0 Å². The molecule has 18 heavy (non-hydrogen) atoms. The largest absolute Gasteiger partial charge is 0.444 e. The minimum Gasteiger partial charge on any atom is -0.444 e. The van der Waals surface area contributed by atoms with Crippen LogP contribution in [0.2, 0.25) is 0 Å². The van der Waals surface area contributed by atoms with Crippen molar-refractivity contribution in [1.82, 2.24) is 10.3 Å². The van der Waals surface area contributed by atoms with Crippen molar-refractivity contribution in [3.05, 3.63) is 17.8 Å². The molecule has 1 rings (SSSR count). The van der Waals surface area contributed by atoms with Gasteiger partial charge in [0, 0.05) is 19.2 Å². The minimum atomic E-state index is -3.13. The number of oxazole rings is 1. The van der Waals surface area contributed by atoms with Gasteiger partial charge in [-0.2, -0.15) is 0 Å². The Kier molecular flexibility index (Phi) is 5.34. The highest BCUT2D eigenvalue weighted by Gasteiger charge is 2.21. The van der Waals surface area contributed by atoms with Gasteiger partial charge in [0.05, 0.1) is 6.20 Å². The van der Waals surface area contributed by atoms with Crippen molar-refractivity contribution in [2.24, 2.45) is 5.92 Å². The summed E-state index contributed by atoms with van der Waals surface area (Å²) in [6.07, 6.45) is 3.37. The molecule has 0 saturated heterocycles. The molecule has 0 saturated carbocycles. The smallest absolute Gasteiger partial charge is 0.195 e. The zero-order valence-electron chi connectivity index (χ0n) is 11.4. The molecule has 1 aromatic rings. The molecule has 1 N–H and O–H groups in total. The van der Waals surface area contributed by atoms with Crippen LogP contribution in [0.15, 0.2) is 10.6 Å². The molecule has 0 radical (unpaired) electrons. The fourth-order valence-corrected chi connectivity index (χ4v) is 1.96. The maximum Gasteiger partial charge on any atom is 0.195 e. The van der Waals surface area contributed by atoms with Gasteiger partial charge in [0.25, 0.3) is 0 Å². The fraction of sp³-hybridized carbons (Fsp3) is 0.750. The van der Waals surface area contributed by atoms with Gasteiger partial charge in [0.2, 0.25) is 0 Å². The van der Waals surface area contributed by atoms with Crippen molar-refractivity contribution in [3.8, 4) is 0 Å². The summed E-state index contributed by atoms with van der Waals surface area (Å²) in [5.41, 5.74) is 0. The third-order valence-electron chi connectivity index (χ3n) is 2.68. The van der Waals surface area contributed by atoms with Crippen LogP contribution < -0.4 is 5.32 Å². The highest BCUT2D eigenvalue weighted by molar-refractivity contribution is 7.90. The van der Waals surface area contributed by atoms with E-state index in [9.17, 15) is 8.42 Å². The van der Waals surface area contributed by atoms with Crippen LogP contribution in [0.3, 0.4) is 0 Å². The van der Waals surface area contributed by atoms with Gasteiger partial charge >= 0.3 is 0 Å². The van der Waals surface area contributed by atoms with E-state index in [4.69, 9.17) is 4.42 Å². The molecule has 1 atom stereocenters. The summed E-state index contributed by atoms with van der Waals surface area (Å²) in [4.78, 5) is 4.10. The molecule has 0 aromatic carbocycles. The second-order valence-electron chi connectivity index (χ2n) is 4.98. The monoisotopic (exact) mass is 274 g/mol. The van der Waals surface area contributed by atoms with Gasteiger partial charge in [-0.25, -0.2) is 13.4 Å². The number of sulfone groups is 1. The lowest BCUT2D eigenvalue weighted by Crippen LogP contribution is -2.22. The average molecular weight is 274 g/mol. The number of rotatable bonds is 7. The Balaban J connectivity index is 2.49. The Labute approximate surface area is 109 Å². The highest BCUT2D eigenvalue weighted by atomic mass is 32.2. The lowest BCUT2D eigenvalue weighted by Gasteiger charge is -2.06. The molecule has 1 unspecified atom stereocenters. The summed E-state index contributed by atoms with van der Waals surface area (Å²) in [6.45, 7) is 7.63. The summed E-state index contributed by atoms with van der Waals surface area (Å²) >= 11 is 0. The maximum absolute atomic E-state index is 11.4. The lowest BCUT2D eigenvalue weighted by atomic mass is 10.2. The summed E-state index contributed by atoms with van der Waals surface area (Å²) in [7, 11) is -3.13. The van der Waals surface area contributed by atoms with E-state index in [-0.39, 0.29) is 0 Å². The molecule has 0 aliphatic carbocycles. The molecule has 0 aliphatic rings. The molecule has 0 amide bonds. The highest BCUT2D eigenvalue weighted by Crippen LogP contribution is 2.21. The fourth-order valence-electron chi connectivity index (χ4n) is 1.42. The normalized spacial score (nSPS) is 14.1. The molecule has 6 heteroatoms. The standard InChI is InChI=1S/C12H22N2O3S/c1-9(2)7-13-6-5-12-14-8-11(17-12)10(3)18(4,15)16/h8-10,13H,5-7H2,1-4H3. The van der Waals surface area contributed by atoms with Gasteiger partial charge in [0.1, 0.15) is 11.0 Å². The first kappa shape index (κ1) is 15.2. The molecular weight excluding hydrogens is 252 g/mol. The predicted molar refractivity (Wildman–Crippen MR) is 71.2 cm³/mol. The van der Waals surface area contributed by atoms with Crippen molar-refractivity contribution in [3.63, 3.8) is 0 Å². The van der Waals surface area contributed by atoms with Crippen molar-refractivity contribution in [1.29, 1.82) is 0 Å². The Bertz CT molecular complexity index is 465. The minimum absolute atomic E-state index is 0.413. The number of nitrogens with one attached hydrogen (secondary N) is 1. The Hall–Kier alpha value is -0.880. The van der Waals surface area contributed by atoms with Crippen molar-refractivity contribution in [2.75, 3.05) is 19.3 Å². The van der Waals surface area contributed by atoms with Crippen LogP contribution in [-0.4, -0.2) is 32.7 Å². The second-order valence-corrected chi connectivity index (χ2v) is 7.34. The quantitative estimate of drug-likeness (QED) is 0.764. The Morgan fingerprint density at radius 3 is 2.61 bits per heavy atom. The third kappa shape index (κ3) is 4.78. The number of hydrogen-bond acceptors (Lipinski definition) is 5. The average Bonchev–Trinajstić information content (AvgIpc) is 2.70. The summed E-state index contributed by atoms with van der Waals surface area (Å²) < 4.78 is 28.2. The summed E-state index contributed by atoms with van der Waals surface area (Å²) in [5, 5.41) is 2.65. The molecule has 5 nitrogen and oxygen atoms in total. The molecule has 0 spiro atoms. The van der Waals surface area contributed by atoms with E-state index in [2.05, 4.69) is 24.1 Å². The van der Waals surface area contributed by atoms with Crippen LogP contribution >= 0.6 is 0 Å². The summed E-state index contributed by atoms with van der Waals surface area (Å²) in [6, 6.07) is 0. The maximum atomic E-state index is 11.4. The molecule has 104 valence electrons. The molecule has 1 heterocycles. The van der Waals surface area contributed by atoms with Crippen LogP contribution in [0.4, 0.5) is 0 Å². The zero-order valence-corrected chi connectivity index (χ0v) is 12.3. The van der Waals surface area contributed by atoms with Gasteiger partial charge in [-0.05, 0) is 19.4 Å². The Morgan fingerprint density at radius 1 is 1.39 bits per heavy atom. The molecule has 1 aromatic heterocycles. The molecule has 0 bridgehead atoms. The van der Waals surface area contributed by atoms with Gasteiger partial charge in [-0.1, -0.05) is 13.8 Å². The Morgan fingerprint density at radius 2 is 2.06 bits per heavy atom. The SMILES string of the molecule is CC(C)CNCCc1ncc(C(C)S(C)(=O)=O)o1. The van der Waals surface area contributed by atoms with Crippen LogP contribution in [0.1, 0.15) is 37.7 Å². The van der Waals surface area contributed by atoms with E-state index in [0.717, 1.165) is 13.1 Å². The second kappa shape index (κ2) is 6.33. The lowest BCUT2D eigenvalue weighted by molar-refractivity contribution is 0.440. The first-order valence-corrected chi connectivity index (χ1v) is 8.10. The van der Waals surface area contributed by atoms with Crippen molar-refractivity contribution >= 4 is 9.84 Å². The van der Waals surface area contributed by atoms with Crippen LogP contribution in [0.5, 0.6) is 0 Å². The van der Waals surface area contributed by atoms with Gasteiger partial charge < -0.3 is 9.73 Å². The first-order valence-electron chi connectivity index (χ1n) is 6.15. The van der Waals surface area contributed by atoms with Crippen LogP contribution in [0, 0.1) is 5.92 Å². The zero-order chi connectivity index (χ0) is 13.8. The molecular formula is C12H22N2O3S. The molecule has 0 aliphatic heterocycles. The topological polar surface area (TPSA) is 72.2 Å². The van der Waals surface area contributed by atoms with E-state index in [1.165, 1.54) is 12.5 Å². The predicted octanol–water partition coefficient (Wildman–Crippen LogP) is 1.57. The summed E-state index contributed by atoms with van der Waals surface area (Å²) in [5.74, 6) is 1.60. The van der Waals surface area contributed by atoms with Crippen molar-refractivity contribution in [2.45, 2.75) is 32.4 Å². The van der Waals surface area contributed by atoms with E-state index >= 15 is 0 Å². The van der Waals surface area contributed by atoms with Gasteiger partial charge in [-0.15, -0.1) is 0 Å². The van der Waals surface area contributed by atoms with E-state index in [1.54, 1.807) is 6.92 Å². The van der Waals surface area contributed by atoms with E-state index in [1.807, 2.05) is 0 Å². The van der Waals surface area contributed by atoms with Gasteiger partial charge in [-0.3, -0.25) is 0 Å². The first-order chi connectivity index (χ1) is 8.30. The number of nitrogens with zero attached hydrogens (tertiary/aromatic N) is 1. The molecule has 0 fully saturated rings. The third-order valence-corrected chi connectivity index (χ3v) is 4.20. The van der Waals surface area contributed by atoms with Crippen LogP contribution in [0.25, 0.3) is 0 Å².